The number of esters is 1. The number of carbonyl (C=O) groups is 1. The fourth-order valence-electron chi connectivity index (χ4n) is 3.54. The molecule has 3 aromatic rings. The summed E-state index contributed by atoms with van der Waals surface area (Å²) in [6.45, 7) is 4.25. The normalized spacial score (nSPS) is 13.8. The van der Waals surface area contributed by atoms with Crippen LogP contribution in [-0.4, -0.2) is 36.2 Å². The Bertz CT molecular complexity index is 1130. The van der Waals surface area contributed by atoms with Gasteiger partial charge in [-0.15, -0.1) is 23.5 Å². The first-order valence-corrected chi connectivity index (χ1v) is 12.3. The molecular weight excluding hydrogens is 426 g/mol. The third kappa shape index (κ3) is 4.75. The minimum absolute atomic E-state index is 0.269. The molecule has 31 heavy (non-hydrogen) atoms. The zero-order valence-corrected chi connectivity index (χ0v) is 19.6. The number of thioether (sulfide) groups is 2. The molecule has 0 aliphatic carbocycles. The Hall–Kier alpha value is -2.44. The average molecular weight is 452 g/mol. The summed E-state index contributed by atoms with van der Waals surface area (Å²) in [5, 5.41) is 0.972. The smallest absolute Gasteiger partial charge is 0.340 e. The van der Waals surface area contributed by atoms with Crippen molar-refractivity contribution in [1.29, 1.82) is 0 Å². The number of hydrogen-bond acceptors (Lipinski definition) is 6. The predicted octanol–water partition coefficient (Wildman–Crippen LogP) is 6.32. The molecule has 2 heterocycles. The highest BCUT2D eigenvalue weighted by atomic mass is 32.2. The quantitative estimate of drug-likeness (QED) is 0.334. The molecule has 0 bridgehead atoms. The van der Waals surface area contributed by atoms with Crippen LogP contribution < -0.4 is 4.74 Å². The Kier molecular flexibility index (Phi) is 6.88. The lowest BCUT2D eigenvalue weighted by molar-refractivity contribution is -0.136. The van der Waals surface area contributed by atoms with Gasteiger partial charge in [-0.05, 0) is 74.2 Å². The molecule has 1 aliphatic rings. The van der Waals surface area contributed by atoms with E-state index < -0.39 is 0 Å². The van der Waals surface area contributed by atoms with Crippen LogP contribution in [0.25, 0.3) is 27.7 Å². The van der Waals surface area contributed by atoms with Crippen LogP contribution in [0.4, 0.5) is 0 Å². The van der Waals surface area contributed by atoms with Gasteiger partial charge in [-0.25, -0.2) is 9.78 Å². The van der Waals surface area contributed by atoms with Crippen LogP contribution in [0, 0.1) is 6.92 Å². The lowest BCUT2D eigenvalue weighted by Crippen LogP contribution is -2.10. The Labute approximate surface area is 191 Å². The molecule has 2 aromatic carbocycles. The maximum absolute atomic E-state index is 13.2. The maximum Gasteiger partial charge on any atom is 0.340 e. The topological polar surface area (TPSA) is 48.4 Å². The number of hydrogen-bond donors (Lipinski definition) is 0. The van der Waals surface area contributed by atoms with E-state index in [9.17, 15) is 4.79 Å². The minimum atomic E-state index is -0.269. The molecule has 0 N–H and O–H groups in total. The van der Waals surface area contributed by atoms with Crippen LogP contribution in [0.1, 0.15) is 24.5 Å². The average Bonchev–Trinajstić information content (AvgIpc) is 2.80. The molecule has 1 fully saturated rings. The van der Waals surface area contributed by atoms with Crippen LogP contribution in [0.3, 0.4) is 0 Å². The highest BCUT2D eigenvalue weighted by molar-refractivity contribution is 8.23. The lowest BCUT2D eigenvalue weighted by Gasteiger charge is -2.19. The van der Waals surface area contributed by atoms with Gasteiger partial charge in [-0.1, -0.05) is 11.6 Å². The van der Waals surface area contributed by atoms with Crippen LogP contribution >= 0.6 is 23.5 Å². The van der Waals surface area contributed by atoms with Crippen molar-refractivity contribution in [3.8, 4) is 17.0 Å². The minimum Gasteiger partial charge on any atom is -0.497 e. The van der Waals surface area contributed by atoms with Gasteiger partial charge in [0.2, 0.25) is 0 Å². The van der Waals surface area contributed by atoms with E-state index in [-0.39, 0.29) is 5.97 Å². The number of rotatable bonds is 5. The number of fused-ring (bicyclic) bond motifs is 1. The first-order chi connectivity index (χ1) is 15.1. The summed E-state index contributed by atoms with van der Waals surface area (Å²) in [5.74, 6) is 2.55. The molecule has 0 spiro atoms. The van der Waals surface area contributed by atoms with Crippen LogP contribution in [0.5, 0.6) is 5.75 Å². The second-order valence-corrected chi connectivity index (χ2v) is 9.71. The van der Waals surface area contributed by atoms with Gasteiger partial charge in [0.1, 0.15) is 5.75 Å². The molecule has 1 aromatic heterocycles. The van der Waals surface area contributed by atoms with Gasteiger partial charge in [0.15, 0.2) is 0 Å². The molecule has 6 heteroatoms. The summed E-state index contributed by atoms with van der Waals surface area (Å²) in [6, 6.07) is 16.0. The van der Waals surface area contributed by atoms with Crippen molar-refractivity contribution in [3.63, 3.8) is 0 Å². The first-order valence-electron chi connectivity index (χ1n) is 10.3. The van der Waals surface area contributed by atoms with E-state index in [1.54, 1.807) is 30.6 Å². The first kappa shape index (κ1) is 21.8. The highest BCUT2D eigenvalue weighted by Gasteiger charge is 2.25. The van der Waals surface area contributed by atoms with Gasteiger partial charge in [0.25, 0.3) is 0 Å². The van der Waals surface area contributed by atoms with Crippen LogP contribution in [0.2, 0.25) is 0 Å². The SMILES string of the molecule is CCOC(=O)C(=C1SCCCS1)c1cc(-c2ccc(OC)cc2)nc2ccc(C)cc12. The molecule has 0 saturated carbocycles. The third-order valence-corrected chi connectivity index (χ3v) is 7.68. The van der Waals surface area contributed by atoms with Gasteiger partial charge >= 0.3 is 5.97 Å². The fourth-order valence-corrected chi connectivity index (χ4v) is 6.18. The van der Waals surface area contributed by atoms with E-state index >= 15 is 0 Å². The van der Waals surface area contributed by atoms with Crippen molar-refractivity contribution >= 4 is 46.0 Å². The second-order valence-electron chi connectivity index (χ2n) is 7.24. The zero-order chi connectivity index (χ0) is 21.8. The summed E-state index contributed by atoms with van der Waals surface area (Å²) < 4.78 is 11.8. The molecule has 0 atom stereocenters. The van der Waals surface area contributed by atoms with Crippen molar-refractivity contribution in [3.05, 3.63) is 63.9 Å². The molecule has 0 radical (unpaired) electrons. The molecule has 4 rings (SSSR count). The Balaban J connectivity index is 1.96. The number of methoxy groups -OCH3 is 1. The van der Waals surface area contributed by atoms with Crippen molar-refractivity contribution in [2.24, 2.45) is 0 Å². The van der Waals surface area contributed by atoms with E-state index in [2.05, 4.69) is 19.1 Å². The molecule has 1 saturated heterocycles. The standard InChI is InChI=1S/C25H25NO3S2/c1-4-29-24(27)23(25-30-12-5-13-31-25)20-15-22(17-7-9-18(28-3)10-8-17)26-21-11-6-16(2)14-19(20)21/h6-11,14-15H,4-5,12-13H2,1-3H3. The summed E-state index contributed by atoms with van der Waals surface area (Å²) in [4.78, 5) is 18.1. The van der Waals surface area contributed by atoms with E-state index in [4.69, 9.17) is 14.5 Å². The van der Waals surface area contributed by atoms with E-state index in [0.29, 0.717) is 12.2 Å². The van der Waals surface area contributed by atoms with Crippen LogP contribution in [0.15, 0.2) is 52.8 Å². The highest BCUT2D eigenvalue weighted by Crippen LogP contribution is 2.43. The third-order valence-electron chi connectivity index (χ3n) is 5.06. The largest absolute Gasteiger partial charge is 0.497 e. The summed E-state index contributed by atoms with van der Waals surface area (Å²) in [7, 11) is 1.65. The van der Waals surface area contributed by atoms with Crippen molar-refractivity contribution in [2.75, 3.05) is 25.2 Å². The van der Waals surface area contributed by atoms with Gasteiger partial charge in [-0.2, -0.15) is 0 Å². The van der Waals surface area contributed by atoms with E-state index in [1.165, 1.54) is 0 Å². The number of pyridine rings is 1. The van der Waals surface area contributed by atoms with Gasteiger partial charge in [0, 0.05) is 16.5 Å². The summed E-state index contributed by atoms with van der Waals surface area (Å²) in [6.07, 6.45) is 1.14. The van der Waals surface area contributed by atoms with Gasteiger partial charge in [0.05, 0.1) is 34.7 Å². The van der Waals surface area contributed by atoms with Gasteiger partial charge in [-0.3, -0.25) is 0 Å². The Morgan fingerprint density at radius 2 is 1.81 bits per heavy atom. The molecule has 4 nitrogen and oxygen atoms in total. The molecular formula is C25H25NO3S2. The molecule has 0 amide bonds. The second kappa shape index (κ2) is 9.79. The predicted molar refractivity (Wildman–Crippen MR) is 132 cm³/mol. The van der Waals surface area contributed by atoms with Crippen molar-refractivity contribution in [1.82, 2.24) is 4.98 Å². The van der Waals surface area contributed by atoms with E-state index in [0.717, 1.165) is 61.2 Å². The van der Waals surface area contributed by atoms with Crippen LogP contribution in [-0.2, 0) is 9.53 Å². The molecule has 160 valence electrons. The van der Waals surface area contributed by atoms with E-state index in [1.807, 2.05) is 43.3 Å². The number of aryl methyl sites for hydroxylation is 1. The molecule has 1 aliphatic heterocycles. The van der Waals surface area contributed by atoms with Crippen molar-refractivity contribution in [2.45, 2.75) is 20.3 Å². The maximum atomic E-state index is 13.2. The monoisotopic (exact) mass is 451 g/mol. The van der Waals surface area contributed by atoms with Gasteiger partial charge < -0.3 is 9.47 Å². The Morgan fingerprint density at radius 1 is 1.06 bits per heavy atom. The Morgan fingerprint density at radius 3 is 2.48 bits per heavy atom. The number of nitrogens with zero attached hydrogens (tertiary/aromatic N) is 1. The number of ether oxygens (including phenoxy) is 2. The van der Waals surface area contributed by atoms with Crippen molar-refractivity contribution < 1.29 is 14.3 Å². The zero-order valence-electron chi connectivity index (χ0n) is 17.9. The summed E-state index contributed by atoms with van der Waals surface area (Å²) >= 11 is 3.49. The molecule has 0 unspecified atom stereocenters. The number of carbonyl (C=O) groups excluding carboxylic acids is 1. The number of aromatic nitrogens is 1. The summed E-state index contributed by atoms with van der Waals surface area (Å²) in [5.41, 5.74) is 5.33. The number of benzene rings is 2. The fraction of sp³-hybridized carbons (Fsp3) is 0.280. The lowest BCUT2D eigenvalue weighted by atomic mass is 9.98.